The van der Waals surface area contributed by atoms with Crippen molar-refractivity contribution < 1.29 is 25.2 Å². The summed E-state index contributed by atoms with van der Waals surface area (Å²) in [6, 6.07) is 88.8. The molecule has 0 saturated heterocycles. The van der Waals surface area contributed by atoms with Crippen LogP contribution >= 0.6 is 0 Å². The van der Waals surface area contributed by atoms with Crippen molar-refractivity contribution in [2.24, 2.45) is 0 Å². The molecule has 0 bridgehead atoms. The number of hydrogen-bond donors (Lipinski definition) is 0. The Hall–Kier alpha value is -8.73. The van der Waals surface area contributed by atoms with Crippen molar-refractivity contribution in [3.63, 3.8) is 0 Å². The molecule has 71 heavy (non-hydrogen) atoms. The van der Waals surface area contributed by atoms with Crippen molar-refractivity contribution in [1.29, 1.82) is 0 Å². The third kappa shape index (κ3) is 7.01. The number of hydrogen-bond acceptors (Lipinski definition) is 4. The fourth-order valence-electron chi connectivity index (χ4n) is 10.6. The predicted molar refractivity (Wildman–Crippen MR) is 287 cm³/mol. The van der Waals surface area contributed by atoms with Gasteiger partial charge in [-0.15, -0.1) is 42.4 Å². The molecule has 3 aromatic heterocycles. The number of nitrogens with zero attached hydrogens (tertiary/aromatic N) is 5. The second kappa shape index (κ2) is 17.3. The molecule has 0 saturated carbocycles. The quantitative estimate of drug-likeness (QED) is 0.112. The van der Waals surface area contributed by atoms with E-state index in [4.69, 9.17) is 9.72 Å². The van der Waals surface area contributed by atoms with Gasteiger partial charge in [0.15, 0.2) is 0 Å². The van der Waals surface area contributed by atoms with E-state index in [0.29, 0.717) is 11.5 Å². The van der Waals surface area contributed by atoms with Crippen LogP contribution in [0.5, 0.6) is 11.5 Å². The molecule has 1 aliphatic rings. The van der Waals surface area contributed by atoms with Crippen LogP contribution in [-0.4, -0.2) is 14.1 Å². The Labute approximate surface area is 424 Å². The van der Waals surface area contributed by atoms with E-state index < -0.39 is 0 Å². The minimum atomic E-state index is 0. The zero-order valence-corrected chi connectivity index (χ0v) is 39.6. The maximum absolute atomic E-state index is 7.05. The van der Waals surface area contributed by atoms with Crippen molar-refractivity contribution in [1.82, 2.24) is 14.1 Å². The van der Waals surface area contributed by atoms with Crippen molar-refractivity contribution in [3.8, 4) is 45.3 Å². The first-order chi connectivity index (χ1) is 34.7. The maximum Gasteiger partial charge on any atom is 0.135 e. The normalized spacial score (nSPS) is 12.3. The smallest absolute Gasteiger partial charge is 0.135 e. The number of benzene rings is 10. The van der Waals surface area contributed by atoms with Gasteiger partial charge in [-0.05, 0) is 58.3 Å². The largest absolute Gasteiger partial charge is 0.509 e. The number of fused-ring (bicyclic) bond motifs is 9. The minimum absolute atomic E-state index is 0. The van der Waals surface area contributed by atoms with E-state index in [2.05, 4.69) is 244 Å². The Morgan fingerprint density at radius 2 is 1.01 bits per heavy atom. The number of aromatic nitrogens is 3. The molecule has 0 radical (unpaired) electrons. The Bertz CT molecular complexity index is 4040. The fourth-order valence-corrected chi connectivity index (χ4v) is 10.6. The predicted octanol–water partition coefficient (Wildman–Crippen LogP) is 16.6. The van der Waals surface area contributed by atoms with Crippen LogP contribution in [0, 0.1) is 18.8 Å². The molecule has 0 N–H and O–H groups in total. The van der Waals surface area contributed by atoms with Crippen LogP contribution in [-0.2, 0) is 20.4 Å². The van der Waals surface area contributed by atoms with Gasteiger partial charge < -0.3 is 23.7 Å². The molecular weight excluding hydrogens is 961 g/mol. The summed E-state index contributed by atoms with van der Waals surface area (Å²) in [6.45, 7) is 2.24. The molecule has 0 amide bonds. The van der Waals surface area contributed by atoms with E-state index in [1.807, 2.05) is 30.5 Å². The topological polar surface area (TPSA) is 38.5 Å². The van der Waals surface area contributed by atoms with Crippen LogP contribution in [0.25, 0.3) is 88.1 Å². The Morgan fingerprint density at radius 3 is 1.68 bits per heavy atom. The third-order valence-electron chi connectivity index (χ3n) is 13.6. The molecule has 0 spiro atoms. The molecule has 14 rings (SSSR count). The molecule has 6 nitrogen and oxygen atoms in total. The summed E-state index contributed by atoms with van der Waals surface area (Å²) in [5.74, 6) is 1.93. The van der Waals surface area contributed by atoms with Crippen LogP contribution in [0.2, 0.25) is 0 Å². The van der Waals surface area contributed by atoms with E-state index in [1.54, 1.807) is 0 Å². The number of para-hydroxylation sites is 4. The summed E-state index contributed by atoms with van der Waals surface area (Å²) in [4.78, 5) is 9.43. The van der Waals surface area contributed by atoms with Gasteiger partial charge in [-0.25, -0.2) is 4.98 Å². The van der Waals surface area contributed by atoms with E-state index >= 15 is 0 Å². The van der Waals surface area contributed by atoms with Gasteiger partial charge in [-0.1, -0.05) is 187 Å². The van der Waals surface area contributed by atoms with E-state index in [1.165, 1.54) is 10.8 Å². The average Bonchev–Trinajstić information content (AvgIpc) is 4.10. The zero-order chi connectivity index (χ0) is 46.1. The van der Waals surface area contributed by atoms with E-state index in [9.17, 15) is 0 Å². The van der Waals surface area contributed by atoms with Crippen molar-refractivity contribution in [2.75, 3.05) is 9.80 Å². The number of pyridine rings is 1. The van der Waals surface area contributed by atoms with Crippen molar-refractivity contribution in [3.05, 3.63) is 256 Å². The molecule has 1 aliphatic heterocycles. The third-order valence-corrected chi connectivity index (χ3v) is 13.6. The van der Waals surface area contributed by atoms with Crippen molar-refractivity contribution in [2.45, 2.75) is 0 Å². The monoisotopic (exact) mass is 1000 g/mol. The number of anilines is 4. The van der Waals surface area contributed by atoms with E-state index in [-0.39, 0.29) is 20.4 Å². The van der Waals surface area contributed by atoms with Gasteiger partial charge in [0.2, 0.25) is 0 Å². The van der Waals surface area contributed by atoms with Crippen molar-refractivity contribution >= 4 is 77.1 Å². The molecule has 10 aromatic carbocycles. The zero-order valence-electron chi connectivity index (χ0n) is 38.1. The SMILES string of the molecule is [Pd].[c-]1c(Oc2[c-]c3c(cc2)c2ccccc2n3-c2ccccn2)cc(-n2c3ccccc3c3ccccc32)cc1N1[CH-]N(c2c(-c3ccccc3)cccc2-c2ccccc2)c2c1ccc1ccccc21. The van der Waals surface area contributed by atoms with Gasteiger partial charge in [0.25, 0.3) is 0 Å². The first-order valence-electron chi connectivity index (χ1n) is 23.5. The second-order valence-electron chi connectivity index (χ2n) is 17.6. The molecule has 13 aromatic rings. The Kier molecular flexibility index (Phi) is 10.4. The minimum Gasteiger partial charge on any atom is -0.509 e. The molecule has 4 heterocycles. The number of rotatable bonds is 8. The molecule has 7 heteroatoms. The van der Waals surface area contributed by atoms with Crippen LogP contribution < -0.4 is 14.5 Å². The van der Waals surface area contributed by atoms with Gasteiger partial charge in [-0.3, -0.25) is 0 Å². The Morgan fingerprint density at radius 1 is 0.423 bits per heavy atom. The summed E-state index contributed by atoms with van der Waals surface area (Å²) in [6.07, 6.45) is 1.83. The molecule has 0 unspecified atom stereocenters. The molecule has 340 valence electrons. The first-order valence-corrected chi connectivity index (χ1v) is 23.5. The summed E-state index contributed by atoms with van der Waals surface area (Å²) in [5.41, 5.74) is 13.6. The summed E-state index contributed by atoms with van der Waals surface area (Å²) < 4.78 is 11.5. The molecule has 0 atom stereocenters. The van der Waals surface area contributed by atoms with Crippen LogP contribution in [0.15, 0.2) is 237 Å². The second-order valence-corrected chi connectivity index (χ2v) is 17.6. The summed E-state index contributed by atoms with van der Waals surface area (Å²) in [7, 11) is 0. The molecule has 0 aliphatic carbocycles. The Balaban J connectivity index is 0.00000492. The van der Waals surface area contributed by atoms with Crippen LogP contribution in [0.1, 0.15) is 0 Å². The number of ether oxygens (including phenoxy) is 1. The molecular formula is C64H40N5OPd-3. The summed E-state index contributed by atoms with van der Waals surface area (Å²) in [5, 5.41) is 6.84. The van der Waals surface area contributed by atoms with Gasteiger partial charge in [0.1, 0.15) is 5.82 Å². The van der Waals surface area contributed by atoms with Gasteiger partial charge in [0, 0.05) is 88.0 Å². The first kappa shape index (κ1) is 42.4. The average molecular weight is 1000 g/mol. The van der Waals surface area contributed by atoms with Gasteiger partial charge >= 0.3 is 0 Å². The maximum atomic E-state index is 7.05. The standard InChI is InChI=1S/C64H40N5O.Pd/c1-3-18-43(19-4-1)50-27-17-28-51(44-20-5-2-6-21-44)63(50)67-42-66(60-36-33-45-22-7-8-23-52(45)64(60)67)46-38-47(68-57-29-12-9-24-53(57)54-25-10-13-30-58(54)68)40-49(39-46)70-48-34-35-56-55-26-11-14-31-59(55)69(61(56)41-48)62-32-15-16-37-65-62;/h1-38,40,42H;/q-3;. The van der Waals surface area contributed by atoms with Crippen LogP contribution in [0.3, 0.4) is 0 Å². The fraction of sp³-hybridized carbons (Fsp3) is 0. The molecule has 0 fully saturated rings. The summed E-state index contributed by atoms with van der Waals surface area (Å²) >= 11 is 0. The van der Waals surface area contributed by atoms with E-state index in [0.717, 1.165) is 100 Å². The van der Waals surface area contributed by atoms with Gasteiger partial charge in [0.05, 0.1) is 11.0 Å². The van der Waals surface area contributed by atoms with Gasteiger partial charge in [-0.2, -0.15) is 6.07 Å². The van der Waals surface area contributed by atoms with Crippen LogP contribution in [0.4, 0.5) is 22.7 Å².